The summed E-state index contributed by atoms with van der Waals surface area (Å²) in [7, 11) is 0. The Kier molecular flexibility index (Phi) is 5.45. The molecule has 0 aliphatic rings. The second-order valence-electron chi connectivity index (χ2n) is 4.11. The monoisotopic (exact) mass is 300 g/mol. The second kappa shape index (κ2) is 6.85. The van der Waals surface area contributed by atoms with Crippen molar-refractivity contribution in [2.24, 2.45) is 0 Å². The van der Waals surface area contributed by atoms with E-state index in [0.29, 0.717) is 6.42 Å². The van der Waals surface area contributed by atoms with Crippen LogP contribution in [0.4, 0.5) is 5.69 Å². The van der Waals surface area contributed by atoms with Gasteiger partial charge in [0.2, 0.25) is 0 Å². The second-order valence-corrected chi connectivity index (χ2v) is 4.54. The number of nitrogens with zero attached hydrogens (tertiary/aromatic N) is 1. The Morgan fingerprint density at radius 2 is 2.10 bits per heavy atom. The van der Waals surface area contributed by atoms with Gasteiger partial charge < -0.3 is 10.4 Å². The molecule has 7 nitrogen and oxygen atoms in total. The van der Waals surface area contributed by atoms with Gasteiger partial charge in [-0.25, -0.2) is 4.79 Å². The lowest BCUT2D eigenvalue weighted by molar-refractivity contribution is -0.384. The number of nitro groups is 1. The molecule has 8 heteroatoms. The molecule has 0 saturated heterocycles. The molecule has 0 aliphatic heterocycles. The summed E-state index contributed by atoms with van der Waals surface area (Å²) in [5.74, 6) is -1.87. The van der Waals surface area contributed by atoms with E-state index >= 15 is 0 Å². The van der Waals surface area contributed by atoms with Gasteiger partial charge in [0.05, 0.1) is 4.92 Å². The molecule has 1 rings (SSSR count). The molecule has 20 heavy (non-hydrogen) atoms. The van der Waals surface area contributed by atoms with Crippen molar-refractivity contribution in [3.8, 4) is 0 Å². The Hall–Kier alpha value is -2.15. The van der Waals surface area contributed by atoms with Crippen molar-refractivity contribution < 1.29 is 19.6 Å². The molecule has 0 radical (unpaired) electrons. The number of carboxylic acids is 1. The Labute approximate surface area is 119 Å². The van der Waals surface area contributed by atoms with Crippen molar-refractivity contribution >= 4 is 29.2 Å². The number of carbonyl (C=O) groups excluding carboxylic acids is 1. The van der Waals surface area contributed by atoms with Crippen molar-refractivity contribution in [3.05, 3.63) is 38.9 Å². The van der Waals surface area contributed by atoms with E-state index in [-0.39, 0.29) is 22.7 Å². The highest BCUT2D eigenvalue weighted by atomic mass is 35.5. The molecule has 0 bridgehead atoms. The summed E-state index contributed by atoms with van der Waals surface area (Å²) in [5.41, 5.74) is -0.378. The molecule has 1 aromatic carbocycles. The Bertz CT molecular complexity index is 547. The lowest BCUT2D eigenvalue weighted by Gasteiger charge is -2.13. The lowest BCUT2D eigenvalue weighted by Crippen LogP contribution is -2.40. The first-order chi connectivity index (χ1) is 9.35. The molecule has 0 aromatic heterocycles. The molecular weight excluding hydrogens is 288 g/mol. The molecule has 0 spiro atoms. The third kappa shape index (κ3) is 4.20. The average Bonchev–Trinajstić information content (AvgIpc) is 2.37. The predicted molar refractivity (Wildman–Crippen MR) is 71.9 cm³/mol. The summed E-state index contributed by atoms with van der Waals surface area (Å²) < 4.78 is 0. The van der Waals surface area contributed by atoms with Crippen LogP contribution in [-0.4, -0.2) is 27.9 Å². The first-order valence-electron chi connectivity index (χ1n) is 5.83. The summed E-state index contributed by atoms with van der Waals surface area (Å²) in [4.78, 5) is 32.9. The standard InChI is InChI=1S/C12H13ClN2O5/c1-2-3-10(12(17)18)14-11(16)7-4-8(13)6-9(5-7)15(19)20/h4-6,10H,2-3H2,1H3,(H,14,16)(H,17,18). The van der Waals surface area contributed by atoms with E-state index in [9.17, 15) is 19.7 Å². The number of rotatable bonds is 6. The van der Waals surface area contributed by atoms with Gasteiger partial charge in [0.1, 0.15) is 6.04 Å². The SMILES string of the molecule is CCCC(NC(=O)c1cc(Cl)cc([N+](=O)[O-])c1)C(=O)O. The highest BCUT2D eigenvalue weighted by Crippen LogP contribution is 2.21. The topological polar surface area (TPSA) is 110 Å². The van der Waals surface area contributed by atoms with Gasteiger partial charge >= 0.3 is 5.97 Å². The number of non-ortho nitro benzene ring substituents is 1. The van der Waals surface area contributed by atoms with Crippen LogP contribution in [-0.2, 0) is 4.79 Å². The van der Waals surface area contributed by atoms with Crippen LogP contribution in [0.25, 0.3) is 0 Å². The van der Waals surface area contributed by atoms with E-state index in [2.05, 4.69) is 5.32 Å². The van der Waals surface area contributed by atoms with E-state index in [1.165, 1.54) is 6.07 Å². The fraction of sp³-hybridized carbons (Fsp3) is 0.333. The molecule has 0 aliphatic carbocycles. The van der Waals surface area contributed by atoms with E-state index in [1.54, 1.807) is 6.92 Å². The normalized spacial score (nSPS) is 11.7. The van der Waals surface area contributed by atoms with Crippen LogP contribution in [0.2, 0.25) is 5.02 Å². The number of benzene rings is 1. The number of hydrogen-bond donors (Lipinski definition) is 2. The quantitative estimate of drug-likeness (QED) is 0.618. The Balaban J connectivity index is 2.97. The third-order valence-electron chi connectivity index (χ3n) is 2.54. The van der Waals surface area contributed by atoms with Crippen LogP contribution in [0.15, 0.2) is 18.2 Å². The molecular formula is C12H13ClN2O5. The summed E-state index contributed by atoms with van der Waals surface area (Å²) in [6.07, 6.45) is 0.844. The van der Waals surface area contributed by atoms with E-state index in [1.807, 2.05) is 0 Å². The van der Waals surface area contributed by atoms with E-state index in [0.717, 1.165) is 12.1 Å². The van der Waals surface area contributed by atoms with Gasteiger partial charge in [-0.15, -0.1) is 0 Å². The minimum Gasteiger partial charge on any atom is -0.480 e. The average molecular weight is 301 g/mol. The van der Waals surface area contributed by atoms with Gasteiger partial charge in [0, 0.05) is 22.7 Å². The van der Waals surface area contributed by atoms with Crippen molar-refractivity contribution in [3.63, 3.8) is 0 Å². The van der Waals surface area contributed by atoms with Gasteiger partial charge in [0.25, 0.3) is 11.6 Å². The van der Waals surface area contributed by atoms with E-state index < -0.39 is 22.8 Å². The molecule has 2 N–H and O–H groups in total. The summed E-state index contributed by atoms with van der Waals surface area (Å²) in [5, 5.41) is 22.0. The van der Waals surface area contributed by atoms with Crippen LogP contribution >= 0.6 is 11.6 Å². The Morgan fingerprint density at radius 1 is 1.45 bits per heavy atom. The number of nitro benzene ring substituents is 1. The largest absolute Gasteiger partial charge is 0.480 e. The number of carbonyl (C=O) groups is 2. The predicted octanol–water partition coefficient (Wildman–Crippen LogP) is 2.23. The van der Waals surface area contributed by atoms with Crippen LogP contribution in [0.3, 0.4) is 0 Å². The molecule has 1 aromatic rings. The number of hydrogen-bond acceptors (Lipinski definition) is 4. The molecule has 108 valence electrons. The lowest BCUT2D eigenvalue weighted by atomic mass is 10.1. The maximum absolute atomic E-state index is 11.9. The third-order valence-corrected chi connectivity index (χ3v) is 2.75. The zero-order chi connectivity index (χ0) is 15.3. The summed E-state index contributed by atoms with van der Waals surface area (Å²) in [6.45, 7) is 1.78. The van der Waals surface area contributed by atoms with Crippen LogP contribution in [0.5, 0.6) is 0 Å². The zero-order valence-electron chi connectivity index (χ0n) is 10.6. The number of aliphatic carboxylic acids is 1. The van der Waals surface area contributed by atoms with Gasteiger partial charge in [-0.2, -0.15) is 0 Å². The van der Waals surface area contributed by atoms with Crippen molar-refractivity contribution in [2.45, 2.75) is 25.8 Å². The zero-order valence-corrected chi connectivity index (χ0v) is 11.4. The molecule has 1 amide bonds. The molecule has 1 unspecified atom stereocenters. The number of nitrogens with one attached hydrogen (secondary N) is 1. The van der Waals surface area contributed by atoms with Gasteiger partial charge in [-0.05, 0) is 12.5 Å². The van der Waals surface area contributed by atoms with Crippen molar-refractivity contribution in [1.82, 2.24) is 5.32 Å². The number of carboxylic acid groups (broad SMARTS) is 1. The maximum atomic E-state index is 11.9. The number of amides is 1. The van der Waals surface area contributed by atoms with Crippen LogP contribution in [0.1, 0.15) is 30.1 Å². The van der Waals surface area contributed by atoms with Crippen molar-refractivity contribution in [1.29, 1.82) is 0 Å². The van der Waals surface area contributed by atoms with E-state index in [4.69, 9.17) is 16.7 Å². The molecule has 1 atom stereocenters. The first kappa shape index (κ1) is 15.9. The van der Waals surface area contributed by atoms with Gasteiger partial charge in [0.15, 0.2) is 0 Å². The maximum Gasteiger partial charge on any atom is 0.326 e. The van der Waals surface area contributed by atoms with Crippen LogP contribution < -0.4 is 5.32 Å². The fourth-order valence-electron chi connectivity index (χ4n) is 1.60. The highest BCUT2D eigenvalue weighted by Gasteiger charge is 2.21. The molecule has 0 fully saturated rings. The summed E-state index contributed by atoms with van der Waals surface area (Å²) >= 11 is 5.70. The Morgan fingerprint density at radius 3 is 2.60 bits per heavy atom. The van der Waals surface area contributed by atoms with Crippen molar-refractivity contribution in [2.75, 3.05) is 0 Å². The fourth-order valence-corrected chi connectivity index (χ4v) is 1.83. The van der Waals surface area contributed by atoms with Gasteiger partial charge in [-0.1, -0.05) is 24.9 Å². The highest BCUT2D eigenvalue weighted by molar-refractivity contribution is 6.31. The first-order valence-corrected chi connectivity index (χ1v) is 6.21. The summed E-state index contributed by atoms with van der Waals surface area (Å²) in [6, 6.07) is 2.37. The smallest absolute Gasteiger partial charge is 0.326 e. The minimum absolute atomic E-state index is 0.0340. The van der Waals surface area contributed by atoms with Crippen LogP contribution in [0, 0.1) is 10.1 Å². The number of halogens is 1. The van der Waals surface area contributed by atoms with Gasteiger partial charge in [-0.3, -0.25) is 14.9 Å². The minimum atomic E-state index is -1.16. The molecule has 0 saturated carbocycles. The molecule has 0 heterocycles.